The van der Waals surface area contributed by atoms with E-state index in [0.29, 0.717) is 23.9 Å². The van der Waals surface area contributed by atoms with Crippen LogP contribution in [-0.4, -0.2) is 97.5 Å². The van der Waals surface area contributed by atoms with Crippen LogP contribution in [0.3, 0.4) is 0 Å². The molecule has 0 aromatic heterocycles. The van der Waals surface area contributed by atoms with E-state index >= 15 is 0 Å². The fraction of sp³-hybridized carbons (Fsp3) is 0.933. The van der Waals surface area contributed by atoms with Crippen molar-refractivity contribution in [1.29, 1.82) is 0 Å². The van der Waals surface area contributed by atoms with Crippen LogP contribution in [0.4, 0.5) is 0 Å². The summed E-state index contributed by atoms with van der Waals surface area (Å²) in [6, 6.07) is 0.624. The summed E-state index contributed by atoms with van der Waals surface area (Å²) in [6.45, 7) is 13.7. The van der Waals surface area contributed by atoms with E-state index in [1.165, 1.54) is 13.1 Å². The predicted octanol–water partition coefficient (Wildman–Crippen LogP) is -0.214. The van der Waals surface area contributed by atoms with Gasteiger partial charge >= 0.3 is 0 Å². The van der Waals surface area contributed by atoms with Gasteiger partial charge in [0.15, 0.2) is 0 Å². The fourth-order valence-electron chi connectivity index (χ4n) is 3.97. The van der Waals surface area contributed by atoms with Gasteiger partial charge in [-0.2, -0.15) is 0 Å². The van der Waals surface area contributed by atoms with Crippen molar-refractivity contribution < 1.29 is 4.79 Å². The summed E-state index contributed by atoms with van der Waals surface area (Å²) in [6.07, 6.45) is 0. The van der Waals surface area contributed by atoms with Crippen molar-refractivity contribution in [2.24, 2.45) is 5.41 Å². The van der Waals surface area contributed by atoms with E-state index in [9.17, 15) is 4.79 Å². The molecule has 3 heterocycles. The van der Waals surface area contributed by atoms with E-state index in [4.69, 9.17) is 0 Å². The molecule has 0 unspecified atom stereocenters. The number of rotatable bonds is 3. The van der Waals surface area contributed by atoms with Gasteiger partial charge in [0.25, 0.3) is 0 Å². The molecule has 114 valence electrons. The van der Waals surface area contributed by atoms with Gasteiger partial charge in [-0.15, -0.1) is 0 Å². The molecule has 3 saturated heterocycles. The molecule has 0 atom stereocenters. The summed E-state index contributed by atoms with van der Waals surface area (Å²) < 4.78 is 0. The first-order valence-electron chi connectivity index (χ1n) is 7.90. The van der Waals surface area contributed by atoms with Crippen molar-refractivity contribution >= 4 is 5.91 Å². The van der Waals surface area contributed by atoms with Gasteiger partial charge in [0.05, 0.1) is 6.54 Å². The molecular weight excluding hydrogens is 252 g/mol. The Bertz CT molecular complexity index is 362. The Kier molecular flexibility index (Phi) is 3.77. The van der Waals surface area contributed by atoms with Crippen molar-refractivity contribution in [3.8, 4) is 0 Å². The Morgan fingerprint density at radius 2 is 1.65 bits per heavy atom. The van der Waals surface area contributed by atoms with Crippen LogP contribution >= 0.6 is 0 Å². The molecule has 0 aromatic carbocycles. The normalized spacial score (nSPS) is 27.7. The van der Waals surface area contributed by atoms with Crippen LogP contribution in [0.2, 0.25) is 0 Å². The quantitative estimate of drug-likeness (QED) is 0.715. The van der Waals surface area contributed by atoms with Gasteiger partial charge in [0, 0.05) is 63.8 Å². The molecule has 1 amide bonds. The zero-order valence-corrected chi connectivity index (χ0v) is 13.1. The van der Waals surface area contributed by atoms with E-state index in [-0.39, 0.29) is 0 Å². The number of hydrogen-bond acceptors (Lipinski definition) is 4. The van der Waals surface area contributed by atoms with Crippen LogP contribution in [0, 0.1) is 5.41 Å². The molecule has 3 aliphatic heterocycles. The smallest absolute Gasteiger partial charge is 0.236 e. The topological polar surface area (TPSA) is 30.0 Å². The zero-order valence-electron chi connectivity index (χ0n) is 13.1. The van der Waals surface area contributed by atoms with Gasteiger partial charge in [-0.05, 0) is 20.9 Å². The third kappa shape index (κ3) is 2.71. The predicted molar refractivity (Wildman–Crippen MR) is 79.7 cm³/mol. The fourth-order valence-corrected chi connectivity index (χ4v) is 3.97. The van der Waals surface area contributed by atoms with Crippen LogP contribution < -0.4 is 0 Å². The lowest BCUT2D eigenvalue weighted by atomic mass is 9.73. The maximum atomic E-state index is 12.3. The van der Waals surface area contributed by atoms with E-state index < -0.39 is 0 Å². The number of piperazine rings is 1. The maximum absolute atomic E-state index is 12.3. The highest BCUT2D eigenvalue weighted by Crippen LogP contribution is 2.38. The summed E-state index contributed by atoms with van der Waals surface area (Å²) in [7, 11) is 2.16. The second-order valence-electron chi connectivity index (χ2n) is 7.33. The SMILES string of the molecule is CC(C)N1CCN(CC(=O)N2CC3(CN(C)C3)C2)CC1. The van der Waals surface area contributed by atoms with Gasteiger partial charge < -0.3 is 9.80 Å². The highest BCUT2D eigenvalue weighted by atomic mass is 16.2. The minimum atomic E-state index is 0.336. The highest BCUT2D eigenvalue weighted by Gasteiger charge is 2.51. The molecule has 0 saturated carbocycles. The summed E-state index contributed by atoms with van der Waals surface area (Å²) in [4.78, 5) is 21.5. The molecule has 0 radical (unpaired) electrons. The van der Waals surface area contributed by atoms with E-state index in [1.54, 1.807) is 0 Å². The van der Waals surface area contributed by atoms with Gasteiger partial charge in [-0.25, -0.2) is 0 Å². The summed E-state index contributed by atoms with van der Waals surface area (Å²) in [5.74, 6) is 0.336. The molecule has 5 heteroatoms. The average Bonchev–Trinajstić information content (AvgIpc) is 2.32. The van der Waals surface area contributed by atoms with Crippen LogP contribution in [0.1, 0.15) is 13.8 Å². The van der Waals surface area contributed by atoms with E-state index in [0.717, 1.165) is 39.3 Å². The van der Waals surface area contributed by atoms with E-state index in [1.807, 2.05) is 0 Å². The van der Waals surface area contributed by atoms with Crippen molar-refractivity contribution in [3.05, 3.63) is 0 Å². The van der Waals surface area contributed by atoms with Crippen LogP contribution in [-0.2, 0) is 4.79 Å². The van der Waals surface area contributed by atoms with Crippen molar-refractivity contribution in [2.45, 2.75) is 19.9 Å². The number of carbonyl (C=O) groups excluding carboxylic acids is 1. The number of carbonyl (C=O) groups is 1. The summed E-state index contributed by atoms with van der Waals surface area (Å²) >= 11 is 0. The van der Waals surface area contributed by atoms with Gasteiger partial charge in [-0.1, -0.05) is 0 Å². The van der Waals surface area contributed by atoms with Crippen molar-refractivity contribution in [1.82, 2.24) is 19.6 Å². The monoisotopic (exact) mass is 280 g/mol. The number of likely N-dealkylation sites (tertiary alicyclic amines) is 2. The van der Waals surface area contributed by atoms with E-state index in [2.05, 4.69) is 40.5 Å². The zero-order chi connectivity index (χ0) is 14.3. The molecule has 20 heavy (non-hydrogen) atoms. The third-order valence-corrected chi connectivity index (χ3v) is 5.11. The molecule has 3 fully saturated rings. The number of amides is 1. The lowest BCUT2D eigenvalue weighted by molar-refractivity contribution is -0.158. The lowest BCUT2D eigenvalue weighted by Crippen LogP contribution is -2.72. The molecule has 3 aliphatic rings. The Hall–Kier alpha value is -0.650. The summed E-state index contributed by atoms with van der Waals surface area (Å²) in [5.41, 5.74) is 0.459. The molecule has 0 aliphatic carbocycles. The van der Waals surface area contributed by atoms with Gasteiger partial charge in [0.1, 0.15) is 0 Å². The Morgan fingerprint density at radius 3 is 2.15 bits per heavy atom. The Balaban J connectivity index is 1.38. The second-order valence-corrected chi connectivity index (χ2v) is 7.33. The van der Waals surface area contributed by atoms with Crippen LogP contribution in [0.25, 0.3) is 0 Å². The third-order valence-electron chi connectivity index (χ3n) is 5.11. The number of nitrogens with zero attached hydrogens (tertiary/aromatic N) is 4. The van der Waals surface area contributed by atoms with Crippen molar-refractivity contribution in [3.63, 3.8) is 0 Å². The highest BCUT2D eigenvalue weighted by molar-refractivity contribution is 5.79. The minimum Gasteiger partial charge on any atom is -0.340 e. The first-order chi connectivity index (χ1) is 9.47. The summed E-state index contributed by atoms with van der Waals surface area (Å²) in [5, 5.41) is 0. The molecule has 0 aromatic rings. The Morgan fingerprint density at radius 1 is 1.05 bits per heavy atom. The standard InChI is InChI=1S/C15H28N4O/c1-13(2)18-6-4-17(5-7-18)8-14(20)19-11-15(12-19)9-16(3)10-15/h13H,4-12H2,1-3H3. The molecule has 5 nitrogen and oxygen atoms in total. The first-order valence-corrected chi connectivity index (χ1v) is 7.90. The lowest BCUT2D eigenvalue weighted by Gasteiger charge is -2.59. The van der Waals surface area contributed by atoms with Crippen LogP contribution in [0.5, 0.6) is 0 Å². The van der Waals surface area contributed by atoms with Crippen LogP contribution in [0.15, 0.2) is 0 Å². The Labute approximate surface area is 122 Å². The first kappa shape index (κ1) is 14.3. The maximum Gasteiger partial charge on any atom is 0.236 e. The van der Waals surface area contributed by atoms with Gasteiger partial charge in [0.2, 0.25) is 5.91 Å². The average molecular weight is 280 g/mol. The molecule has 0 N–H and O–H groups in total. The largest absolute Gasteiger partial charge is 0.340 e. The molecule has 3 rings (SSSR count). The number of hydrogen-bond donors (Lipinski definition) is 0. The molecule has 0 bridgehead atoms. The minimum absolute atomic E-state index is 0.336. The second kappa shape index (κ2) is 5.28. The van der Waals surface area contributed by atoms with Crippen molar-refractivity contribution in [2.75, 3.05) is 66.0 Å². The van der Waals surface area contributed by atoms with Gasteiger partial charge in [-0.3, -0.25) is 14.6 Å². The molecular formula is C15H28N4O. The molecule has 1 spiro atoms.